The third-order valence-electron chi connectivity index (χ3n) is 4.45. The molecular weight excluding hydrogens is 366 g/mol. The lowest BCUT2D eigenvalue weighted by molar-refractivity contribution is 0.183. The predicted molar refractivity (Wildman–Crippen MR) is 105 cm³/mol. The Kier molecular flexibility index (Phi) is 6.23. The van der Waals surface area contributed by atoms with Crippen molar-refractivity contribution in [2.45, 2.75) is 19.3 Å². The number of hydrogen-bond acceptors (Lipinski definition) is 6. The Morgan fingerprint density at radius 1 is 0.963 bits per heavy atom. The molecule has 27 heavy (non-hydrogen) atoms. The molecule has 0 spiro atoms. The van der Waals surface area contributed by atoms with E-state index in [1.54, 1.807) is 36.4 Å². The molecule has 0 amide bonds. The summed E-state index contributed by atoms with van der Waals surface area (Å²) in [6.07, 6.45) is 4.80. The van der Waals surface area contributed by atoms with Crippen LogP contribution < -0.4 is 8.92 Å². The maximum atomic E-state index is 11.2. The zero-order valence-corrected chi connectivity index (χ0v) is 16.2. The Labute approximate surface area is 160 Å². The zero-order valence-electron chi connectivity index (χ0n) is 15.4. The van der Waals surface area contributed by atoms with Gasteiger partial charge in [-0.25, -0.2) is 0 Å². The summed E-state index contributed by atoms with van der Waals surface area (Å²) in [5, 5.41) is 10.0. The summed E-state index contributed by atoms with van der Waals surface area (Å²) in [6.45, 7) is 3.69. The van der Waals surface area contributed by atoms with Crippen molar-refractivity contribution in [3.05, 3.63) is 42.5 Å². The molecule has 0 saturated carbocycles. The lowest BCUT2D eigenvalue weighted by Gasteiger charge is -2.26. The summed E-state index contributed by atoms with van der Waals surface area (Å²) in [5.41, 5.74) is 1.61. The molecule has 6 nitrogen and oxygen atoms in total. The van der Waals surface area contributed by atoms with E-state index in [1.165, 1.54) is 19.3 Å². The first-order chi connectivity index (χ1) is 12.9. The summed E-state index contributed by atoms with van der Waals surface area (Å²) in [4.78, 5) is 2.40. The second-order valence-electron chi connectivity index (χ2n) is 6.78. The molecular formula is C20H25NO5S. The molecule has 146 valence electrons. The quantitative estimate of drug-likeness (QED) is 0.730. The van der Waals surface area contributed by atoms with Crippen LogP contribution in [-0.2, 0) is 10.1 Å². The smallest absolute Gasteiger partial charge is 0.306 e. The van der Waals surface area contributed by atoms with Crippen LogP contribution in [0.4, 0.5) is 0 Å². The molecule has 1 aliphatic heterocycles. The van der Waals surface area contributed by atoms with Crippen LogP contribution in [0, 0.1) is 0 Å². The van der Waals surface area contributed by atoms with Crippen LogP contribution in [-0.4, -0.2) is 50.9 Å². The zero-order chi connectivity index (χ0) is 19.3. The van der Waals surface area contributed by atoms with Gasteiger partial charge >= 0.3 is 10.1 Å². The lowest BCUT2D eigenvalue weighted by Crippen LogP contribution is -2.33. The third kappa shape index (κ3) is 6.15. The first kappa shape index (κ1) is 19.5. The van der Waals surface area contributed by atoms with Crippen molar-refractivity contribution in [1.82, 2.24) is 4.90 Å². The molecule has 1 saturated heterocycles. The van der Waals surface area contributed by atoms with Crippen LogP contribution in [0.15, 0.2) is 42.5 Å². The van der Waals surface area contributed by atoms with Crippen molar-refractivity contribution in [3.8, 4) is 28.4 Å². The lowest BCUT2D eigenvalue weighted by atomic mass is 10.0. The van der Waals surface area contributed by atoms with Crippen LogP contribution in [0.1, 0.15) is 19.3 Å². The van der Waals surface area contributed by atoms with E-state index in [2.05, 4.69) is 4.90 Å². The molecule has 0 aromatic heterocycles. The van der Waals surface area contributed by atoms with Crippen LogP contribution in [0.5, 0.6) is 17.2 Å². The summed E-state index contributed by atoms with van der Waals surface area (Å²) in [5.74, 6) is 0.981. The fraction of sp³-hybridized carbons (Fsp3) is 0.400. The van der Waals surface area contributed by atoms with Gasteiger partial charge in [-0.05, 0) is 61.3 Å². The molecule has 0 aliphatic carbocycles. The number of phenolic OH excluding ortho intramolecular Hbond substituents is 1. The van der Waals surface area contributed by atoms with Crippen molar-refractivity contribution >= 4 is 10.1 Å². The van der Waals surface area contributed by atoms with Crippen molar-refractivity contribution in [3.63, 3.8) is 0 Å². The van der Waals surface area contributed by atoms with Crippen molar-refractivity contribution in [1.29, 1.82) is 0 Å². The molecule has 1 fully saturated rings. The van der Waals surface area contributed by atoms with E-state index in [0.29, 0.717) is 12.4 Å². The SMILES string of the molecule is CS(=O)(=O)Oc1ccc(-c2cc(O)cc(OCCN3CCCCC3)c2)cc1. The number of nitrogens with zero attached hydrogens (tertiary/aromatic N) is 1. The van der Waals surface area contributed by atoms with Crippen molar-refractivity contribution in [2.24, 2.45) is 0 Å². The molecule has 2 aromatic carbocycles. The van der Waals surface area contributed by atoms with Gasteiger partial charge in [-0.1, -0.05) is 18.6 Å². The average molecular weight is 391 g/mol. The minimum absolute atomic E-state index is 0.122. The van der Waals surface area contributed by atoms with Crippen molar-refractivity contribution in [2.75, 3.05) is 32.5 Å². The molecule has 0 radical (unpaired) electrons. The molecule has 7 heteroatoms. The van der Waals surface area contributed by atoms with Gasteiger partial charge < -0.3 is 14.0 Å². The number of phenols is 1. The molecule has 0 bridgehead atoms. The van der Waals surface area contributed by atoms with Gasteiger partial charge in [0.05, 0.1) is 6.26 Å². The number of likely N-dealkylation sites (tertiary alicyclic amines) is 1. The molecule has 0 atom stereocenters. The molecule has 1 aliphatic rings. The fourth-order valence-corrected chi connectivity index (χ4v) is 3.65. The second kappa shape index (κ2) is 8.63. The third-order valence-corrected chi connectivity index (χ3v) is 4.95. The van der Waals surface area contributed by atoms with E-state index in [1.807, 2.05) is 6.07 Å². The van der Waals surface area contributed by atoms with Gasteiger partial charge in [0.25, 0.3) is 0 Å². The maximum absolute atomic E-state index is 11.2. The largest absolute Gasteiger partial charge is 0.508 e. The highest BCUT2D eigenvalue weighted by atomic mass is 32.2. The number of piperidine rings is 1. The Bertz CT molecular complexity index is 858. The fourth-order valence-electron chi connectivity index (χ4n) is 3.19. The predicted octanol–water partition coefficient (Wildman–Crippen LogP) is 3.26. The van der Waals surface area contributed by atoms with E-state index in [4.69, 9.17) is 8.92 Å². The van der Waals surface area contributed by atoms with Gasteiger partial charge in [0.15, 0.2) is 0 Å². The van der Waals surface area contributed by atoms with Gasteiger partial charge in [-0.3, -0.25) is 4.90 Å². The van der Waals surface area contributed by atoms with E-state index < -0.39 is 10.1 Å². The van der Waals surface area contributed by atoms with E-state index >= 15 is 0 Å². The number of rotatable bonds is 7. The van der Waals surface area contributed by atoms with Gasteiger partial charge in [-0.15, -0.1) is 0 Å². The highest BCUT2D eigenvalue weighted by Gasteiger charge is 2.10. The molecule has 3 rings (SSSR count). The topological polar surface area (TPSA) is 76.1 Å². The van der Waals surface area contributed by atoms with E-state index in [9.17, 15) is 13.5 Å². The van der Waals surface area contributed by atoms with Gasteiger partial charge in [-0.2, -0.15) is 8.42 Å². The number of aromatic hydroxyl groups is 1. The highest BCUT2D eigenvalue weighted by molar-refractivity contribution is 7.86. The first-order valence-electron chi connectivity index (χ1n) is 9.08. The Hall–Kier alpha value is -2.25. The number of ether oxygens (including phenoxy) is 1. The number of benzene rings is 2. The summed E-state index contributed by atoms with van der Waals surface area (Å²) < 4.78 is 33.0. The molecule has 1 heterocycles. The van der Waals surface area contributed by atoms with Gasteiger partial charge in [0, 0.05) is 12.6 Å². The molecule has 1 N–H and O–H groups in total. The summed E-state index contributed by atoms with van der Waals surface area (Å²) in [7, 11) is -3.55. The van der Waals surface area contributed by atoms with E-state index in [-0.39, 0.29) is 11.5 Å². The highest BCUT2D eigenvalue weighted by Crippen LogP contribution is 2.30. The normalized spacial score (nSPS) is 15.4. The van der Waals surface area contributed by atoms with Crippen LogP contribution in [0.3, 0.4) is 0 Å². The van der Waals surface area contributed by atoms with Crippen LogP contribution in [0.25, 0.3) is 11.1 Å². The van der Waals surface area contributed by atoms with Crippen molar-refractivity contribution < 1.29 is 22.4 Å². The minimum atomic E-state index is -3.55. The van der Waals surface area contributed by atoms with Gasteiger partial charge in [0.1, 0.15) is 23.9 Å². The summed E-state index contributed by atoms with van der Waals surface area (Å²) >= 11 is 0. The molecule has 2 aromatic rings. The molecule has 0 unspecified atom stereocenters. The summed E-state index contributed by atoms with van der Waals surface area (Å²) in [6, 6.07) is 11.8. The Morgan fingerprint density at radius 2 is 1.67 bits per heavy atom. The van der Waals surface area contributed by atoms with E-state index in [0.717, 1.165) is 37.0 Å². The van der Waals surface area contributed by atoms with Crippen LogP contribution >= 0.6 is 0 Å². The van der Waals surface area contributed by atoms with Crippen LogP contribution in [0.2, 0.25) is 0 Å². The monoisotopic (exact) mass is 391 g/mol. The first-order valence-corrected chi connectivity index (χ1v) is 10.9. The second-order valence-corrected chi connectivity index (χ2v) is 8.35. The minimum Gasteiger partial charge on any atom is -0.508 e. The number of hydrogen-bond donors (Lipinski definition) is 1. The van der Waals surface area contributed by atoms with Gasteiger partial charge in [0.2, 0.25) is 0 Å². The Balaban J connectivity index is 1.65. The Morgan fingerprint density at radius 3 is 2.33 bits per heavy atom. The average Bonchev–Trinajstić information content (AvgIpc) is 2.61. The standard InChI is InChI=1S/C20H25NO5S/c1-27(23,24)26-19-7-5-16(6-8-19)17-13-18(22)15-20(14-17)25-12-11-21-9-3-2-4-10-21/h5-8,13-15,22H,2-4,9-12H2,1H3. The maximum Gasteiger partial charge on any atom is 0.306 e.